The first-order valence-corrected chi connectivity index (χ1v) is 3.73. The van der Waals surface area contributed by atoms with Crippen molar-refractivity contribution in [2.24, 2.45) is 0 Å². The molecule has 0 rings (SSSR count). The second-order valence-corrected chi connectivity index (χ2v) is 3.15. The van der Waals surface area contributed by atoms with Crippen molar-refractivity contribution in [2.75, 3.05) is 5.33 Å². The summed E-state index contributed by atoms with van der Waals surface area (Å²) in [5, 5.41) is -0.802. The van der Waals surface area contributed by atoms with E-state index in [-0.39, 0.29) is 0 Å². The van der Waals surface area contributed by atoms with Gasteiger partial charge in [-0.15, -0.1) is 0 Å². The molecule has 0 fully saturated rings. The van der Waals surface area contributed by atoms with Crippen LogP contribution in [-0.2, 0) is 0 Å². The average molecular weight is 274 g/mol. The Bertz CT molecular complexity index is 96.5. The highest BCUT2D eigenvalue weighted by atomic mass is 79.9. The van der Waals surface area contributed by atoms with Crippen LogP contribution in [0.3, 0.4) is 0 Å². The Morgan fingerprint density at radius 1 is 1.11 bits per heavy atom. The maximum atomic E-state index is 12.1. The zero-order valence-corrected chi connectivity index (χ0v) is 7.15. The lowest BCUT2D eigenvalue weighted by Gasteiger charge is -2.17. The van der Waals surface area contributed by atoms with Crippen molar-refractivity contribution in [3.8, 4) is 0 Å². The van der Waals surface area contributed by atoms with E-state index in [1.165, 1.54) is 0 Å². The molecule has 1 atom stereocenters. The molecule has 0 radical (unpaired) electrons. The smallest absolute Gasteiger partial charge is 0.220 e. The van der Waals surface area contributed by atoms with Crippen LogP contribution in [0.5, 0.6) is 0 Å². The van der Waals surface area contributed by atoms with E-state index in [2.05, 4.69) is 15.9 Å². The quantitative estimate of drug-likeness (QED) is 0.509. The van der Waals surface area contributed by atoms with Gasteiger partial charge in [-0.05, 0) is 15.9 Å². The first-order chi connectivity index (χ1) is 3.81. The van der Waals surface area contributed by atoms with Crippen LogP contribution in [0.2, 0.25) is 0 Å². The minimum atomic E-state index is -4.85. The van der Waals surface area contributed by atoms with Crippen LogP contribution in [-0.4, -0.2) is 16.1 Å². The molecule has 0 N–H and O–H groups in total. The summed E-state index contributed by atoms with van der Waals surface area (Å²) >= 11 is 4.23. The van der Waals surface area contributed by atoms with Crippen molar-refractivity contribution in [3.63, 3.8) is 0 Å². The van der Waals surface area contributed by atoms with Gasteiger partial charge < -0.3 is 0 Å². The fraction of sp³-hybridized carbons (Fsp3) is 1.00. The molecular formula is C3H2Br2F4. The van der Waals surface area contributed by atoms with E-state index < -0.39 is 16.1 Å². The fourth-order valence-corrected chi connectivity index (χ4v) is 0.394. The van der Waals surface area contributed by atoms with Crippen LogP contribution in [0, 0.1) is 0 Å². The predicted molar refractivity (Wildman–Crippen MR) is 32.6 cm³/mol. The lowest BCUT2D eigenvalue weighted by Crippen LogP contribution is -2.35. The number of alkyl halides is 6. The van der Waals surface area contributed by atoms with E-state index in [1.54, 1.807) is 0 Å². The van der Waals surface area contributed by atoms with Gasteiger partial charge in [-0.2, -0.15) is 13.2 Å². The Morgan fingerprint density at radius 2 is 1.44 bits per heavy atom. The zero-order valence-electron chi connectivity index (χ0n) is 3.97. The van der Waals surface area contributed by atoms with Crippen LogP contribution in [0.1, 0.15) is 0 Å². The Labute approximate surface area is 65.9 Å². The lowest BCUT2D eigenvalue weighted by atomic mass is 10.4. The maximum absolute atomic E-state index is 12.1. The second kappa shape index (κ2) is 2.74. The number of halogens is 6. The molecule has 0 saturated heterocycles. The number of hydrogen-bond acceptors (Lipinski definition) is 0. The molecule has 0 nitrogen and oxygen atoms in total. The van der Waals surface area contributed by atoms with E-state index >= 15 is 0 Å². The standard InChI is InChI=1S/C3H2Br2F4/c4-1-2(5,6)3(7,8)9/h1H2/t2-/m1/s1. The van der Waals surface area contributed by atoms with Gasteiger partial charge in [-0.3, -0.25) is 0 Å². The van der Waals surface area contributed by atoms with E-state index in [4.69, 9.17) is 0 Å². The minimum Gasteiger partial charge on any atom is -0.220 e. The summed E-state index contributed by atoms with van der Waals surface area (Å²) in [6.07, 6.45) is -4.85. The molecule has 0 aliphatic rings. The van der Waals surface area contributed by atoms with Crippen LogP contribution in [0.4, 0.5) is 17.6 Å². The Balaban J connectivity index is 4.14. The third-order valence-electron chi connectivity index (χ3n) is 0.583. The summed E-state index contributed by atoms with van der Waals surface area (Å²) in [5.74, 6) is 0. The van der Waals surface area contributed by atoms with E-state index in [0.29, 0.717) is 0 Å². The van der Waals surface area contributed by atoms with Gasteiger partial charge in [-0.1, -0.05) is 15.9 Å². The topological polar surface area (TPSA) is 0 Å². The van der Waals surface area contributed by atoms with Gasteiger partial charge in [0, 0.05) is 0 Å². The van der Waals surface area contributed by atoms with Gasteiger partial charge in [0.25, 0.3) is 4.58 Å². The van der Waals surface area contributed by atoms with Crippen molar-refractivity contribution < 1.29 is 17.6 Å². The summed E-state index contributed by atoms with van der Waals surface area (Å²) in [6.45, 7) is 0. The molecule has 0 aromatic carbocycles. The van der Waals surface area contributed by atoms with Crippen LogP contribution < -0.4 is 0 Å². The first kappa shape index (κ1) is 9.68. The first-order valence-electron chi connectivity index (χ1n) is 1.82. The van der Waals surface area contributed by atoms with Crippen molar-refractivity contribution in [3.05, 3.63) is 0 Å². The molecule has 6 heteroatoms. The summed E-state index contributed by atoms with van der Waals surface area (Å²) in [5.41, 5.74) is 0. The van der Waals surface area contributed by atoms with Crippen molar-refractivity contribution in [2.45, 2.75) is 10.8 Å². The average Bonchev–Trinajstić information content (AvgIpc) is 1.64. The number of rotatable bonds is 1. The van der Waals surface area contributed by atoms with Crippen LogP contribution >= 0.6 is 31.9 Å². The van der Waals surface area contributed by atoms with Gasteiger partial charge in [-0.25, -0.2) is 4.39 Å². The Kier molecular flexibility index (Phi) is 2.94. The molecule has 0 amide bonds. The molecule has 0 aromatic rings. The summed E-state index contributed by atoms with van der Waals surface area (Å²) < 4.78 is 42.9. The van der Waals surface area contributed by atoms with Gasteiger partial charge >= 0.3 is 6.18 Å². The van der Waals surface area contributed by atoms with Crippen molar-refractivity contribution >= 4 is 31.9 Å². The molecule has 0 aromatic heterocycles. The summed E-state index contributed by atoms with van der Waals surface area (Å²) in [4.78, 5) is 0. The molecule has 0 spiro atoms. The highest BCUT2D eigenvalue weighted by molar-refractivity contribution is 9.12. The molecule has 0 bridgehead atoms. The summed E-state index contributed by atoms with van der Waals surface area (Å²) in [7, 11) is 0. The van der Waals surface area contributed by atoms with Crippen molar-refractivity contribution in [1.82, 2.24) is 0 Å². The second-order valence-electron chi connectivity index (χ2n) is 1.34. The molecule has 0 unspecified atom stereocenters. The molecule has 0 heterocycles. The molecule has 9 heavy (non-hydrogen) atoms. The third-order valence-corrected chi connectivity index (χ3v) is 2.84. The van der Waals surface area contributed by atoms with Crippen LogP contribution in [0.25, 0.3) is 0 Å². The van der Waals surface area contributed by atoms with E-state index in [9.17, 15) is 17.6 Å². The molecule has 0 saturated carbocycles. The van der Waals surface area contributed by atoms with E-state index in [1.807, 2.05) is 15.9 Å². The van der Waals surface area contributed by atoms with Crippen molar-refractivity contribution in [1.29, 1.82) is 0 Å². The van der Waals surface area contributed by atoms with Gasteiger partial charge in [0.05, 0.1) is 5.33 Å². The van der Waals surface area contributed by atoms with Crippen LogP contribution in [0.15, 0.2) is 0 Å². The monoisotopic (exact) mass is 272 g/mol. The number of hydrogen-bond donors (Lipinski definition) is 0. The Morgan fingerprint density at radius 3 is 1.44 bits per heavy atom. The van der Waals surface area contributed by atoms with E-state index in [0.717, 1.165) is 0 Å². The SMILES string of the molecule is FC(F)(F)[C@@](F)(Br)CBr. The molecular weight excluding hydrogens is 272 g/mol. The highest BCUT2D eigenvalue weighted by Gasteiger charge is 2.53. The normalized spacial score (nSPS) is 19.3. The molecule has 56 valence electrons. The largest absolute Gasteiger partial charge is 0.433 e. The lowest BCUT2D eigenvalue weighted by molar-refractivity contribution is -0.184. The highest BCUT2D eigenvalue weighted by Crippen LogP contribution is 2.40. The predicted octanol–water partition coefficient (Wildman–Crippen LogP) is 3.00. The Hall–Kier alpha value is 0.680. The minimum absolute atomic E-state index is 0.802. The van der Waals surface area contributed by atoms with Gasteiger partial charge in [0.1, 0.15) is 0 Å². The zero-order chi connectivity index (χ0) is 7.71. The molecule has 0 aliphatic heterocycles. The van der Waals surface area contributed by atoms with Gasteiger partial charge in [0.2, 0.25) is 0 Å². The third kappa shape index (κ3) is 2.41. The molecule has 0 aliphatic carbocycles. The summed E-state index contributed by atoms with van der Waals surface area (Å²) in [6, 6.07) is 0. The van der Waals surface area contributed by atoms with Gasteiger partial charge in [0.15, 0.2) is 0 Å². The fourth-order valence-electron chi connectivity index (χ4n) is 0.0758. The maximum Gasteiger partial charge on any atom is 0.433 e.